The molecule has 1 aromatic heterocycles. The van der Waals surface area contributed by atoms with Crippen molar-refractivity contribution in [1.29, 1.82) is 0 Å². The molecule has 0 bridgehead atoms. The van der Waals surface area contributed by atoms with Gasteiger partial charge in [-0.1, -0.05) is 18.6 Å². The normalized spacial score (nSPS) is 16.4. The number of benzene rings is 1. The number of rotatable bonds is 4. The number of fused-ring (bicyclic) bond motifs is 1. The number of hydrogen-bond acceptors (Lipinski definition) is 3. The summed E-state index contributed by atoms with van der Waals surface area (Å²) >= 11 is 0. The molecule has 0 radical (unpaired) electrons. The second-order valence-electron chi connectivity index (χ2n) is 5.39. The molecule has 3 rings (SSSR count). The summed E-state index contributed by atoms with van der Waals surface area (Å²) in [7, 11) is 0. The molecule has 1 aromatic carbocycles. The lowest BCUT2D eigenvalue weighted by molar-refractivity contribution is 0.221. The van der Waals surface area contributed by atoms with Crippen LogP contribution in [0.5, 0.6) is 5.75 Å². The van der Waals surface area contributed by atoms with E-state index in [1.54, 1.807) is 0 Å². The Kier molecular flexibility index (Phi) is 4.16. The van der Waals surface area contributed by atoms with Crippen molar-refractivity contribution in [2.24, 2.45) is 0 Å². The first-order valence-electron chi connectivity index (χ1n) is 7.60. The van der Waals surface area contributed by atoms with E-state index < -0.39 is 0 Å². The molecule has 1 fully saturated rings. The molecule has 106 valence electrons. The minimum Gasteiger partial charge on any atom is -0.492 e. The van der Waals surface area contributed by atoms with Crippen molar-refractivity contribution >= 4 is 10.9 Å². The minimum absolute atomic E-state index is 0.678. The standard InChI is InChI=1S/C17H22N2O/c1-2-20-16-9-8-14(13-19-11-4-3-5-12-19)15-7-6-10-18-17(15)16/h6-10H,2-5,11-13H2,1H3. The molecule has 2 aromatic rings. The lowest BCUT2D eigenvalue weighted by Crippen LogP contribution is -2.29. The van der Waals surface area contributed by atoms with Crippen LogP contribution >= 0.6 is 0 Å². The highest BCUT2D eigenvalue weighted by Crippen LogP contribution is 2.28. The maximum absolute atomic E-state index is 5.69. The van der Waals surface area contributed by atoms with E-state index in [-0.39, 0.29) is 0 Å². The molecule has 3 heteroatoms. The molecule has 20 heavy (non-hydrogen) atoms. The van der Waals surface area contributed by atoms with Gasteiger partial charge in [0.2, 0.25) is 0 Å². The van der Waals surface area contributed by atoms with Gasteiger partial charge in [-0.25, -0.2) is 0 Å². The van der Waals surface area contributed by atoms with Crippen LogP contribution in [0.2, 0.25) is 0 Å². The molecular weight excluding hydrogens is 248 g/mol. The summed E-state index contributed by atoms with van der Waals surface area (Å²) in [5.74, 6) is 0.894. The van der Waals surface area contributed by atoms with Crippen LogP contribution in [0.4, 0.5) is 0 Å². The summed E-state index contributed by atoms with van der Waals surface area (Å²) in [4.78, 5) is 7.06. The maximum Gasteiger partial charge on any atom is 0.145 e. The first kappa shape index (κ1) is 13.4. The Balaban J connectivity index is 1.92. The molecule has 2 heterocycles. The van der Waals surface area contributed by atoms with Gasteiger partial charge < -0.3 is 4.74 Å². The largest absolute Gasteiger partial charge is 0.492 e. The van der Waals surface area contributed by atoms with Crippen molar-refractivity contribution in [1.82, 2.24) is 9.88 Å². The third-order valence-electron chi connectivity index (χ3n) is 3.97. The van der Waals surface area contributed by atoms with Crippen LogP contribution in [0.15, 0.2) is 30.5 Å². The van der Waals surface area contributed by atoms with E-state index in [1.807, 2.05) is 19.2 Å². The predicted octanol–water partition coefficient (Wildman–Crippen LogP) is 3.62. The van der Waals surface area contributed by atoms with Crippen LogP contribution in [0.3, 0.4) is 0 Å². The Morgan fingerprint density at radius 3 is 2.80 bits per heavy atom. The van der Waals surface area contributed by atoms with Crippen molar-refractivity contribution < 1.29 is 4.74 Å². The Morgan fingerprint density at radius 2 is 2.00 bits per heavy atom. The molecule has 0 aliphatic carbocycles. The van der Waals surface area contributed by atoms with Crippen LogP contribution in [0, 0.1) is 0 Å². The zero-order valence-corrected chi connectivity index (χ0v) is 12.1. The fraction of sp³-hybridized carbons (Fsp3) is 0.471. The summed E-state index contributed by atoms with van der Waals surface area (Å²) < 4.78 is 5.69. The Labute approximate surface area is 120 Å². The van der Waals surface area contributed by atoms with Gasteiger partial charge in [0.15, 0.2) is 0 Å². The van der Waals surface area contributed by atoms with Gasteiger partial charge in [0.05, 0.1) is 6.61 Å². The van der Waals surface area contributed by atoms with E-state index in [0.717, 1.165) is 17.8 Å². The first-order valence-corrected chi connectivity index (χ1v) is 7.60. The molecule has 1 aliphatic heterocycles. The monoisotopic (exact) mass is 270 g/mol. The third kappa shape index (κ3) is 2.78. The van der Waals surface area contributed by atoms with Crippen molar-refractivity contribution in [3.05, 3.63) is 36.0 Å². The van der Waals surface area contributed by atoms with Gasteiger partial charge >= 0.3 is 0 Å². The highest BCUT2D eigenvalue weighted by atomic mass is 16.5. The van der Waals surface area contributed by atoms with Crippen LogP contribution in [-0.4, -0.2) is 29.6 Å². The van der Waals surface area contributed by atoms with Gasteiger partial charge in [0.25, 0.3) is 0 Å². The van der Waals surface area contributed by atoms with E-state index in [9.17, 15) is 0 Å². The van der Waals surface area contributed by atoms with E-state index >= 15 is 0 Å². The van der Waals surface area contributed by atoms with Crippen LogP contribution in [0.25, 0.3) is 10.9 Å². The van der Waals surface area contributed by atoms with Crippen LogP contribution < -0.4 is 4.74 Å². The highest BCUT2D eigenvalue weighted by molar-refractivity contribution is 5.87. The topological polar surface area (TPSA) is 25.4 Å². The Bertz CT molecular complexity index is 576. The molecular formula is C17H22N2O. The first-order chi connectivity index (χ1) is 9.88. The summed E-state index contributed by atoms with van der Waals surface area (Å²) in [6, 6.07) is 8.43. The van der Waals surface area contributed by atoms with Crippen molar-refractivity contribution in [2.45, 2.75) is 32.7 Å². The maximum atomic E-state index is 5.69. The zero-order chi connectivity index (χ0) is 13.8. The molecule has 0 saturated carbocycles. The number of pyridine rings is 1. The minimum atomic E-state index is 0.678. The van der Waals surface area contributed by atoms with Gasteiger partial charge in [-0.3, -0.25) is 9.88 Å². The second kappa shape index (κ2) is 6.23. The quantitative estimate of drug-likeness (QED) is 0.848. The van der Waals surface area contributed by atoms with Gasteiger partial charge in [-0.05, 0) is 50.6 Å². The Morgan fingerprint density at radius 1 is 1.15 bits per heavy atom. The lowest BCUT2D eigenvalue weighted by atomic mass is 10.1. The van der Waals surface area contributed by atoms with Crippen LogP contribution in [-0.2, 0) is 6.54 Å². The number of nitrogens with zero attached hydrogens (tertiary/aromatic N) is 2. The molecule has 0 atom stereocenters. The van der Waals surface area contributed by atoms with Gasteiger partial charge in [0, 0.05) is 18.1 Å². The number of aromatic nitrogens is 1. The van der Waals surface area contributed by atoms with Crippen molar-refractivity contribution in [2.75, 3.05) is 19.7 Å². The molecule has 0 N–H and O–H groups in total. The summed E-state index contributed by atoms with van der Waals surface area (Å²) in [6.07, 6.45) is 5.87. The average Bonchev–Trinajstić information content (AvgIpc) is 2.51. The summed E-state index contributed by atoms with van der Waals surface area (Å²) in [6.45, 7) is 6.14. The molecule has 0 unspecified atom stereocenters. The predicted molar refractivity (Wildman–Crippen MR) is 82.0 cm³/mol. The number of hydrogen-bond donors (Lipinski definition) is 0. The van der Waals surface area contributed by atoms with Crippen molar-refractivity contribution in [3.8, 4) is 5.75 Å². The molecule has 1 saturated heterocycles. The fourth-order valence-corrected chi connectivity index (χ4v) is 2.97. The number of likely N-dealkylation sites (tertiary alicyclic amines) is 1. The molecule has 3 nitrogen and oxygen atoms in total. The van der Waals surface area contributed by atoms with Gasteiger partial charge in [-0.2, -0.15) is 0 Å². The third-order valence-corrected chi connectivity index (χ3v) is 3.97. The van der Waals surface area contributed by atoms with E-state index in [0.29, 0.717) is 6.61 Å². The molecule has 0 spiro atoms. The lowest BCUT2D eigenvalue weighted by Gasteiger charge is -2.27. The zero-order valence-electron chi connectivity index (χ0n) is 12.1. The van der Waals surface area contributed by atoms with Crippen molar-refractivity contribution in [3.63, 3.8) is 0 Å². The molecule has 1 aliphatic rings. The molecule has 0 amide bonds. The van der Waals surface area contributed by atoms with Crippen LogP contribution in [0.1, 0.15) is 31.7 Å². The van der Waals surface area contributed by atoms with E-state index in [2.05, 4.69) is 28.1 Å². The SMILES string of the molecule is CCOc1ccc(CN2CCCCC2)c2cccnc12. The fourth-order valence-electron chi connectivity index (χ4n) is 2.97. The van der Waals surface area contributed by atoms with Gasteiger partial charge in [-0.15, -0.1) is 0 Å². The number of ether oxygens (including phenoxy) is 1. The summed E-state index contributed by atoms with van der Waals surface area (Å²) in [5, 5.41) is 1.23. The van der Waals surface area contributed by atoms with E-state index in [4.69, 9.17) is 4.74 Å². The second-order valence-corrected chi connectivity index (χ2v) is 5.39. The highest BCUT2D eigenvalue weighted by Gasteiger charge is 2.13. The Hall–Kier alpha value is -1.61. The smallest absolute Gasteiger partial charge is 0.145 e. The average molecular weight is 270 g/mol. The van der Waals surface area contributed by atoms with E-state index in [1.165, 1.54) is 43.3 Å². The van der Waals surface area contributed by atoms with Gasteiger partial charge in [0.1, 0.15) is 11.3 Å². The number of piperidine rings is 1. The summed E-state index contributed by atoms with van der Waals surface area (Å²) in [5.41, 5.74) is 2.35.